The minimum atomic E-state index is -0.0695. The number of amides is 1. The topological polar surface area (TPSA) is 67.3 Å². The van der Waals surface area contributed by atoms with E-state index in [-0.39, 0.29) is 17.6 Å². The predicted octanol–water partition coefficient (Wildman–Crippen LogP) is 6.04. The fourth-order valence-corrected chi connectivity index (χ4v) is 5.71. The lowest BCUT2D eigenvalue weighted by molar-refractivity contribution is 0.0156. The van der Waals surface area contributed by atoms with Gasteiger partial charge in [0, 0.05) is 40.6 Å². The van der Waals surface area contributed by atoms with Gasteiger partial charge in [0.25, 0.3) is 5.91 Å². The van der Waals surface area contributed by atoms with Gasteiger partial charge in [-0.1, -0.05) is 33.2 Å². The lowest BCUT2D eigenvalue weighted by atomic mass is 9.84. The van der Waals surface area contributed by atoms with Gasteiger partial charge in [0.2, 0.25) is 5.88 Å². The number of hydrogen-bond donors (Lipinski definition) is 0. The molecule has 0 radical (unpaired) electrons. The second-order valence-electron chi connectivity index (χ2n) is 10.6. The van der Waals surface area contributed by atoms with Crippen LogP contribution < -0.4 is 4.74 Å². The van der Waals surface area contributed by atoms with Crippen LogP contribution in [0.4, 0.5) is 0 Å². The molecule has 0 aliphatic carbocycles. The van der Waals surface area contributed by atoms with E-state index in [9.17, 15) is 4.79 Å². The average molecular weight is 556 g/mol. The smallest absolute Gasteiger partial charge is 0.263 e. The number of fused-ring (bicyclic) bond motifs is 2. The number of piperidine rings is 2. The molecular weight excluding hydrogens is 520 g/mol. The van der Waals surface area contributed by atoms with Crippen molar-refractivity contribution in [1.82, 2.24) is 14.8 Å². The van der Waals surface area contributed by atoms with Crippen LogP contribution in [0, 0.1) is 19.8 Å². The van der Waals surface area contributed by atoms with Crippen molar-refractivity contribution in [2.24, 2.45) is 11.1 Å². The molecule has 0 spiro atoms. The standard InChI is InChI=1S/C28H35BrN4O3/c1-18-19(2)31-26-24(25(18)35-26)27(34)32-15-11-28(4,12-16-32)33-13-9-21(10-14-33)17-30-36-20(3)22-5-7-23(29)8-6-22/h5-8,17,20-21H,9-16H2,1-4H3/b30-17-. The van der Waals surface area contributed by atoms with Gasteiger partial charge in [0.05, 0.1) is 0 Å². The van der Waals surface area contributed by atoms with Crippen LogP contribution in [-0.4, -0.2) is 58.6 Å². The predicted molar refractivity (Wildman–Crippen MR) is 144 cm³/mol. The number of aromatic nitrogens is 1. The van der Waals surface area contributed by atoms with Gasteiger partial charge in [-0.25, -0.2) is 4.98 Å². The number of hydrogen-bond acceptors (Lipinski definition) is 6. The minimum absolute atomic E-state index is 0.0659. The first-order valence-electron chi connectivity index (χ1n) is 12.9. The monoisotopic (exact) mass is 554 g/mol. The molecule has 8 heteroatoms. The highest BCUT2D eigenvalue weighted by atomic mass is 79.9. The summed E-state index contributed by atoms with van der Waals surface area (Å²) in [6.07, 6.45) is 6.04. The molecule has 2 saturated heterocycles. The van der Waals surface area contributed by atoms with E-state index in [1.165, 1.54) is 0 Å². The molecule has 1 amide bonds. The Kier molecular flexibility index (Phi) is 7.10. The van der Waals surface area contributed by atoms with Gasteiger partial charge in [-0.2, -0.15) is 0 Å². The average Bonchev–Trinajstić information content (AvgIpc) is 2.86. The molecular formula is C28H35BrN4O3. The molecule has 2 bridgehead atoms. The number of carbonyl (C=O) groups is 1. The third kappa shape index (κ3) is 4.90. The molecule has 0 saturated carbocycles. The lowest BCUT2D eigenvalue weighted by Gasteiger charge is -2.49. The maximum atomic E-state index is 13.2. The molecule has 192 valence electrons. The second-order valence-corrected chi connectivity index (χ2v) is 11.5. The van der Waals surface area contributed by atoms with Crippen LogP contribution in [0.1, 0.15) is 72.8 Å². The largest absolute Gasteiger partial charge is 0.437 e. The molecule has 4 aliphatic heterocycles. The van der Waals surface area contributed by atoms with Crippen LogP contribution in [0.3, 0.4) is 0 Å². The molecule has 0 N–H and O–H groups in total. The van der Waals surface area contributed by atoms with E-state index in [1.54, 1.807) is 0 Å². The van der Waals surface area contributed by atoms with Crippen LogP contribution in [0.2, 0.25) is 0 Å². The summed E-state index contributed by atoms with van der Waals surface area (Å²) in [5.41, 5.74) is 3.81. The summed E-state index contributed by atoms with van der Waals surface area (Å²) in [7, 11) is 0. The Morgan fingerprint density at radius 2 is 1.86 bits per heavy atom. The van der Waals surface area contributed by atoms with Gasteiger partial charge in [-0.15, -0.1) is 0 Å². The van der Waals surface area contributed by atoms with Crippen LogP contribution in [-0.2, 0) is 4.84 Å². The zero-order valence-corrected chi connectivity index (χ0v) is 23.2. The fraction of sp³-hybridized carbons (Fsp3) is 0.536. The number of pyridine rings is 1. The fourth-order valence-electron chi connectivity index (χ4n) is 5.44. The number of carbonyl (C=O) groups excluding carboxylic acids is 1. The summed E-state index contributed by atoms with van der Waals surface area (Å²) >= 11 is 3.47. The Morgan fingerprint density at radius 1 is 1.19 bits per heavy atom. The number of rotatable bonds is 6. The number of nitrogens with zero attached hydrogens (tertiary/aromatic N) is 4. The first-order valence-corrected chi connectivity index (χ1v) is 13.7. The van der Waals surface area contributed by atoms with Gasteiger partial charge >= 0.3 is 0 Å². The molecule has 4 aliphatic rings. The first-order chi connectivity index (χ1) is 17.2. The highest BCUT2D eigenvalue weighted by molar-refractivity contribution is 9.10. The minimum Gasteiger partial charge on any atom is -0.437 e. The summed E-state index contributed by atoms with van der Waals surface area (Å²) in [5, 5.41) is 4.32. The van der Waals surface area contributed by atoms with Crippen LogP contribution in [0.5, 0.6) is 11.6 Å². The molecule has 1 atom stereocenters. The normalized spacial score (nSPS) is 20.6. The molecule has 1 aromatic heterocycles. The van der Waals surface area contributed by atoms with Crippen molar-refractivity contribution in [3.8, 4) is 11.6 Å². The molecule has 2 aromatic rings. The second kappa shape index (κ2) is 10.1. The summed E-state index contributed by atoms with van der Waals surface area (Å²) in [6, 6.07) is 8.15. The maximum absolute atomic E-state index is 13.2. The van der Waals surface area contributed by atoms with E-state index in [0.717, 1.165) is 78.9 Å². The highest BCUT2D eigenvalue weighted by Crippen LogP contribution is 2.45. The van der Waals surface area contributed by atoms with Gasteiger partial charge < -0.3 is 14.5 Å². The van der Waals surface area contributed by atoms with Gasteiger partial charge in [-0.3, -0.25) is 9.69 Å². The SMILES string of the molecule is Cc1nc2c(C(=O)N3CCC(C)(N4CCC(/C=N\OC(C)c5ccc(Br)cc5)CC4)CC3)c(c1C)O2. The number of oxime groups is 1. The maximum Gasteiger partial charge on any atom is 0.263 e. The van der Waals surface area contributed by atoms with Crippen molar-refractivity contribution in [3.63, 3.8) is 0 Å². The van der Waals surface area contributed by atoms with E-state index >= 15 is 0 Å². The Bertz CT molecular complexity index is 1150. The Balaban J connectivity index is 1.09. The third-order valence-electron chi connectivity index (χ3n) is 8.27. The Labute approximate surface area is 222 Å². The number of ether oxygens (including phenoxy) is 1. The van der Waals surface area contributed by atoms with Crippen LogP contribution in [0.15, 0.2) is 33.9 Å². The van der Waals surface area contributed by atoms with E-state index in [1.807, 2.05) is 44.0 Å². The molecule has 1 unspecified atom stereocenters. The molecule has 6 rings (SSSR count). The van der Waals surface area contributed by atoms with Crippen molar-refractivity contribution in [2.75, 3.05) is 26.2 Å². The van der Waals surface area contributed by atoms with Gasteiger partial charge in [-0.05, 0) is 90.1 Å². The van der Waals surface area contributed by atoms with Crippen LogP contribution >= 0.6 is 15.9 Å². The summed E-state index contributed by atoms with van der Waals surface area (Å²) in [6.45, 7) is 11.9. The van der Waals surface area contributed by atoms with Crippen LogP contribution in [0.25, 0.3) is 0 Å². The quantitative estimate of drug-likeness (QED) is 0.274. The first kappa shape index (κ1) is 25.2. The lowest BCUT2D eigenvalue weighted by Crippen LogP contribution is -2.56. The van der Waals surface area contributed by atoms with E-state index in [4.69, 9.17) is 9.57 Å². The van der Waals surface area contributed by atoms with Gasteiger partial charge in [0.15, 0.2) is 5.75 Å². The summed E-state index contributed by atoms with van der Waals surface area (Å²) < 4.78 is 6.65. The molecule has 5 heterocycles. The number of aryl methyl sites for hydroxylation is 1. The highest BCUT2D eigenvalue weighted by Gasteiger charge is 2.41. The van der Waals surface area contributed by atoms with Crippen molar-refractivity contribution >= 4 is 28.1 Å². The van der Waals surface area contributed by atoms with E-state index in [0.29, 0.717) is 17.4 Å². The Morgan fingerprint density at radius 3 is 2.50 bits per heavy atom. The van der Waals surface area contributed by atoms with Gasteiger partial charge in [0.1, 0.15) is 11.7 Å². The number of halogens is 1. The van der Waals surface area contributed by atoms with E-state index < -0.39 is 0 Å². The summed E-state index contributed by atoms with van der Waals surface area (Å²) in [5.74, 6) is 1.71. The van der Waals surface area contributed by atoms with Crippen molar-refractivity contribution in [1.29, 1.82) is 0 Å². The van der Waals surface area contributed by atoms with Crippen molar-refractivity contribution in [3.05, 3.63) is 51.1 Å². The Hall–Kier alpha value is -2.45. The molecule has 7 nitrogen and oxygen atoms in total. The van der Waals surface area contributed by atoms with E-state index in [2.05, 4.69) is 50.0 Å². The third-order valence-corrected chi connectivity index (χ3v) is 8.80. The molecule has 2 fully saturated rings. The zero-order valence-electron chi connectivity index (χ0n) is 21.6. The zero-order chi connectivity index (χ0) is 25.4. The summed E-state index contributed by atoms with van der Waals surface area (Å²) in [4.78, 5) is 27.9. The van der Waals surface area contributed by atoms with Crippen molar-refractivity contribution < 1.29 is 14.4 Å². The number of likely N-dealkylation sites (tertiary alicyclic amines) is 2. The van der Waals surface area contributed by atoms with Crippen molar-refractivity contribution in [2.45, 2.75) is 65.0 Å². The molecule has 1 aromatic carbocycles. The molecule has 36 heavy (non-hydrogen) atoms. The number of benzene rings is 1.